The van der Waals surface area contributed by atoms with Gasteiger partial charge in [0.15, 0.2) is 51.7 Å². The number of hydrogen-bond donors (Lipinski definition) is 10. The number of aromatic amines is 3. The predicted molar refractivity (Wildman–Crippen MR) is 505 cm³/mol. The van der Waals surface area contributed by atoms with Gasteiger partial charge >= 0.3 is 23.1 Å². The van der Waals surface area contributed by atoms with Gasteiger partial charge in [-0.2, -0.15) is 15.0 Å². The summed E-state index contributed by atoms with van der Waals surface area (Å²) in [5, 5.41) is 22.9. The minimum atomic E-state index is -0.727. The lowest BCUT2D eigenvalue weighted by molar-refractivity contribution is -0.0792. The summed E-state index contributed by atoms with van der Waals surface area (Å²) >= 11 is 1.52. The minimum absolute atomic E-state index is 0.0353. The number of aryl methyl sites for hydroxylation is 1. The van der Waals surface area contributed by atoms with E-state index in [0.717, 1.165) is 54.3 Å². The largest absolute Gasteiger partial charge is 0.392 e. The Morgan fingerprint density at radius 1 is 0.559 bits per heavy atom. The van der Waals surface area contributed by atoms with E-state index < -0.39 is 60.0 Å². The van der Waals surface area contributed by atoms with E-state index in [1.165, 1.54) is 44.6 Å². The number of aliphatic hydroxyl groups is 2. The van der Waals surface area contributed by atoms with Crippen LogP contribution < -0.4 is 62.0 Å². The van der Waals surface area contributed by atoms with E-state index in [-0.39, 0.29) is 137 Å². The second kappa shape index (κ2) is 50.3. The fourth-order valence-electron chi connectivity index (χ4n) is 14.5. The number of carbonyl (C=O) groups excluding carboxylic acids is 1. The summed E-state index contributed by atoms with van der Waals surface area (Å²) in [6.45, 7) is 43.4. The van der Waals surface area contributed by atoms with Crippen molar-refractivity contribution in [1.29, 1.82) is 0 Å². The normalized spacial score (nSPS) is 23.2. The maximum Gasteiger partial charge on any atom is 0.351 e. The van der Waals surface area contributed by atoms with Crippen LogP contribution in [0.25, 0.3) is 33.5 Å². The summed E-state index contributed by atoms with van der Waals surface area (Å²) in [7, 11) is 0. The van der Waals surface area contributed by atoms with Gasteiger partial charge in [0.1, 0.15) is 60.2 Å². The highest BCUT2D eigenvalue weighted by molar-refractivity contribution is 8.00. The van der Waals surface area contributed by atoms with Crippen molar-refractivity contribution in [2.24, 2.45) is 11.8 Å². The molecule has 15 heterocycles. The van der Waals surface area contributed by atoms with Crippen molar-refractivity contribution < 1.29 is 76.2 Å². The van der Waals surface area contributed by atoms with Crippen LogP contribution in [0.15, 0.2) is 134 Å². The summed E-state index contributed by atoms with van der Waals surface area (Å²) in [6, 6.07) is 1.11. The lowest BCUT2D eigenvalue weighted by Gasteiger charge is -2.28. The summed E-state index contributed by atoms with van der Waals surface area (Å²) in [5.74, 6) is 0.471. The number of nitrogen functional groups attached to an aromatic ring is 4. The number of carbonyl (C=O) groups is 1. The van der Waals surface area contributed by atoms with Crippen LogP contribution in [0.1, 0.15) is 179 Å². The number of nitrogens with zero attached hydrogens (tertiary/aromatic N) is 16. The molecule has 9 aromatic rings. The van der Waals surface area contributed by atoms with Crippen molar-refractivity contribution in [3.63, 3.8) is 0 Å². The number of aromatic nitrogens is 18. The first kappa shape index (κ1) is 107. The molecule has 6 aliphatic heterocycles. The number of H-pyrrole nitrogens is 3. The molecule has 9 aromatic heterocycles. The Morgan fingerprint density at radius 3 is 1.82 bits per heavy atom. The maximum atomic E-state index is 13.3. The molecule has 0 aromatic carbocycles. The molecular weight excluding hydrogens is 1790 g/mol. The quantitative estimate of drug-likeness (QED) is 0.0214. The molecule has 136 heavy (non-hydrogen) atoms. The first-order valence-electron chi connectivity index (χ1n) is 45.2. The van der Waals surface area contributed by atoms with Crippen LogP contribution in [0.2, 0.25) is 0 Å². The molecule has 7 aliphatic rings. The Labute approximate surface area is 788 Å². The highest BCUT2D eigenvalue weighted by Gasteiger charge is 2.42. The van der Waals surface area contributed by atoms with Crippen LogP contribution >= 0.6 is 11.8 Å². The third-order valence-corrected chi connectivity index (χ3v) is 22.6. The molecule has 746 valence electrons. The number of allylic oxidation sites excluding steroid dienone is 1. The lowest BCUT2D eigenvalue weighted by atomic mass is 10.0. The zero-order valence-electron chi connectivity index (χ0n) is 79.6. The van der Waals surface area contributed by atoms with Crippen LogP contribution in [-0.4, -0.2) is 251 Å². The zero-order chi connectivity index (χ0) is 99.1. The first-order chi connectivity index (χ1) is 64.6. The van der Waals surface area contributed by atoms with E-state index in [9.17, 15) is 48.2 Å². The highest BCUT2D eigenvalue weighted by atomic mass is 32.2. The number of halogens is 1. The zero-order valence-corrected chi connectivity index (χ0v) is 80.4. The van der Waals surface area contributed by atoms with Crippen LogP contribution in [0, 0.1) is 24.6 Å². The number of urea groups is 1. The fraction of sp³-hybridized carbons (Fsp3) is 0.596. The van der Waals surface area contributed by atoms with E-state index in [1.54, 1.807) is 61.1 Å². The molecular formula is C89H131FN24O21S. The van der Waals surface area contributed by atoms with Gasteiger partial charge in [0, 0.05) is 54.6 Å². The average molecular weight is 1920 g/mol. The van der Waals surface area contributed by atoms with Gasteiger partial charge in [0.2, 0.25) is 5.95 Å². The number of hydrogen-bond acceptors (Lipinski definition) is 35. The van der Waals surface area contributed by atoms with E-state index >= 15 is 0 Å². The van der Waals surface area contributed by atoms with Crippen molar-refractivity contribution in [3.05, 3.63) is 179 Å². The van der Waals surface area contributed by atoms with Gasteiger partial charge in [-0.05, 0) is 159 Å². The number of thioether (sulfide) groups is 1. The topological polar surface area (TPSA) is 583 Å². The van der Waals surface area contributed by atoms with Crippen LogP contribution in [0.5, 0.6) is 0 Å². The molecule has 45 nitrogen and oxygen atoms in total. The van der Waals surface area contributed by atoms with Gasteiger partial charge in [-0.25, -0.2) is 53.5 Å². The molecule has 1 saturated carbocycles. The van der Waals surface area contributed by atoms with Crippen molar-refractivity contribution in [2.45, 2.75) is 278 Å². The Kier molecular flexibility index (Phi) is 39.5. The second-order valence-electron chi connectivity index (χ2n) is 35.2. The van der Waals surface area contributed by atoms with Crippen LogP contribution in [0.3, 0.4) is 0 Å². The standard InChI is InChI=1S/C15H21N5O3.C13H18N4O3.C13H18N2O4.C13H20N2O4.C12H19N5O.C12H19N3O3.C11H16FN3O3S/c1-7(2)23-5-9-8(3)10(4-11(9)21)20-6-17-12-13(20)18-15(16)19-14(12)22;1-8(2)19-5-9-3-4-10(20-9)17-7-16-11-12(17)14-6-15-13(11)18;1-8(2)18-7-10-4-5-11(19-10)15-6-9(3)12(16)14-13(15)17;1-8(2)18-7-11-10(16)6-12(19-11)15-5-4-9(3)14-13(15)17;1-8(2)5-18-9(3)4-17-7-16-10-11(13)14-6-15-12(10)17;1-8(2)17-7-9-3-4-11(18-9)15-6-5-10(13)14-12(15)16;1-6(2)17-4-9-18-8(5-19-9)15-3-7(12)10(13)14-11(15)16/h6-7,9-11,21H,3-5H2,1-2H3,(H3,16,18,19,22);6-10H,3-5H2,1-2H3,(H,14,15,18);4-6,8,10-11H,7H2,1-3H3,(H,14,16,17);4-5,8,10-12,16H,3,6-7H2,1-2H3,(H,14,17);6-9H,4-5H2,1-3H3,(H2,13,14,15);5-6,8-9,11H,3-4,7H2,1-2H3,(H2,13,14,16);3,6,8-9H,4-5H2,1-2H3,(H2,13,14,16)/t9-,10?,11-;9-,10?;10-,11?;10-,11+,12+;9-;9-,11?;8?,9-/m0000101/s1. The molecule has 1 aliphatic carbocycles. The third-order valence-electron chi connectivity index (χ3n) is 21.5. The van der Waals surface area contributed by atoms with E-state index in [0.29, 0.717) is 110 Å². The molecule has 15 atom stereocenters. The van der Waals surface area contributed by atoms with Gasteiger partial charge in [-0.1, -0.05) is 33.1 Å². The highest BCUT2D eigenvalue weighted by Crippen LogP contribution is 2.41. The fourth-order valence-corrected chi connectivity index (χ4v) is 15.5. The summed E-state index contributed by atoms with van der Waals surface area (Å²) < 4.78 is 90.3. The van der Waals surface area contributed by atoms with Crippen molar-refractivity contribution in [2.75, 3.05) is 74.9 Å². The number of imidazole rings is 3. The molecule has 4 saturated heterocycles. The Hall–Kier alpha value is -11.2. The van der Waals surface area contributed by atoms with Crippen molar-refractivity contribution in [1.82, 2.24) is 97.4 Å². The van der Waals surface area contributed by atoms with Crippen molar-refractivity contribution in [3.8, 4) is 0 Å². The third kappa shape index (κ3) is 30.4. The first-order valence-corrected chi connectivity index (χ1v) is 46.3. The molecule has 0 bridgehead atoms. The minimum Gasteiger partial charge on any atom is -0.392 e. The number of anilines is 4. The number of aliphatic hydroxyl groups excluding tert-OH is 2. The number of nitrogens with one attached hydrogen (secondary N) is 4. The molecule has 5 unspecified atom stereocenters. The van der Waals surface area contributed by atoms with Gasteiger partial charge in [-0.3, -0.25) is 47.5 Å². The van der Waals surface area contributed by atoms with Crippen LogP contribution in [0.4, 0.5) is 32.6 Å². The van der Waals surface area contributed by atoms with Gasteiger partial charge < -0.3 is 109 Å². The smallest absolute Gasteiger partial charge is 0.351 e. The molecule has 47 heteroatoms. The number of amides is 2. The SMILES string of the molecule is C=C1C(n2cnc3c(=O)[nH]c(N)nc32)C[C@H](O)[C@H]1COC(C)C.C=C1C=CN([C@H]2C[C@H](O)[C@@H](COC(C)C)O2)C(=O)N1.CC(C)CO[C@H](C)Cn1cnc2c(N)ncnc21.CC(C)OC[C@@H]1CCC(n2ccc(N)nc2=O)O1.CC(C)OC[C@@H]1CCC(n2cnc3c(=O)[nH]cnc32)O1.CC(C)OC[C@@H]1OC(n2cc(F)c(N)nc2=O)CS1.Cc1cn(C2C=C[C@@H](COC(C)C)O2)c(=O)[nH]c1=O. The molecule has 2 amide bonds. The van der Waals surface area contributed by atoms with E-state index in [4.69, 9.17) is 79.8 Å². The van der Waals surface area contributed by atoms with Gasteiger partial charge in [0.05, 0.1) is 151 Å². The monoisotopic (exact) mass is 1920 g/mol. The van der Waals surface area contributed by atoms with Crippen molar-refractivity contribution >= 4 is 74.7 Å². The molecule has 0 radical (unpaired) electrons. The summed E-state index contributed by atoms with van der Waals surface area (Å²) in [5.41, 5.74) is 24.2. The number of nitrogens with two attached hydrogens (primary N) is 4. The Balaban J connectivity index is 0.000000164. The summed E-state index contributed by atoms with van der Waals surface area (Å²) in [6.07, 6.45) is 20.5. The van der Waals surface area contributed by atoms with E-state index in [1.807, 2.05) is 105 Å². The summed E-state index contributed by atoms with van der Waals surface area (Å²) in [4.78, 5) is 126. The molecule has 14 N–H and O–H groups in total. The Bertz CT molecular complexity index is 5870. The average Bonchev–Trinajstić information content (AvgIpc) is 1.61. The van der Waals surface area contributed by atoms with Gasteiger partial charge in [0.25, 0.3) is 16.7 Å². The predicted octanol–water partition coefficient (Wildman–Crippen LogP) is 6.87. The lowest BCUT2D eigenvalue weighted by Crippen LogP contribution is -2.44. The second-order valence-corrected chi connectivity index (χ2v) is 36.4. The molecule has 16 rings (SSSR count). The number of rotatable bonds is 29. The molecule has 5 fully saturated rings. The van der Waals surface area contributed by atoms with Crippen LogP contribution in [-0.2, 0) is 63.4 Å². The maximum absolute atomic E-state index is 13.3. The molecule has 0 spiro atoms. The number of ether oxygens (including phenoxy) is 12. The number of fused-ring (bicyclic) bond motifs is 3. The Morgan fingerprint density at radius 2 is 1.17 bits per heavy atom. The van der Waals surface area contributed by atoms with E-state index in [2.05, 4.69) is 92.1 Å². The van der Waals surface area contributed by atoms with Gasteiger partial charge in [-0.15, -0.1) is 11.8 Å².